The van der Waals surface area contributed by atoms with Crippen LogP contribution in [0.3, 0.4) is 0 Å². The number of H-pyrrole nitrogens is 1. The lowest BCUT2D eigenvalue weighted by molar-refractivity contribution is 0.171. The fraction of sp³-hybridized carbons (Fsp3) is 0.385. The Kier molecular flexibility index (Phi) is 6.61. The van der Waals surface area contributed by atoms with Crippen molar-refractivity contribution < 1.29 is 4.74 Å². The van der Waals surface area contributed by atoms with Crippen LogP contribution in [0.5, 0.6) is 0 Å². The average molecular weight is 474 g/mol. The number of hydrogen-bond donors (Lipinski definition) is 1. The van der Waals surface area contributed by atoms with Gasteiger partial charge in [-0.2, -0.15) is 0 Å². The monoisotopic (exact) mass is 473 g/mol. The molecule has 9 heteroatoms. The molecule has 3 heterocycles. The highest BCUT2D eigenvalue weighted by Crippen LogP contribution is 2.30. The number of aromatic nitrogens is 5. The first-order valence-corrected chi connectivity index (χ1v) is 12.0. The number of methoxy groups -OCH3 is 1. The molecular formula is C26H31N7O2. The summed E-state index contributed by atoms with van der Waals surface area (Å²) in [5.74, 6) is 0.658. The van der Waals surface area contributed by atoms with Gasteiger partial charge in [0.25, 0.3) is 5.56 Å². The second-order valence-corrected chi connectivity index (χ2v) is 9.06. The molecule has 4 aromatic rings. The van der Waals surface area contributed by atoms with Crippen molar-refractivity contribution in [3.63, 3.8) is 0 Å². The normalized spacial score (nSPS) is 15.6. The minimum absolute atomic E-state index is 0.108. The molecule has 1 unspecified atom stereocenters. The Bertz CT molecular complexity index is 1360. The maximum atomic E-state index is 13.5. The summed E-state index contributed by atoms with van der Waals surface area (Å²) in [6.07, 6.45) is 0. The van der Waals surface area contributed by atoms with E-state index in [0.29, 0.717) is 24.5 Å². The summed E-state index contributed by atoms with van der Waals surface area (Å²) in [6.45, 7) is 8.35. The standard InChI is InChI=1S/C26H31N7O2/c1-18-9-10-19(2)23-21(18)17-22(26(34)27-23)24(25-28-29-30-33(25)15-16-35-3)32-13-11-31(12-14-32)20-7-5-4-6-8-20/h4-10,17,24H,11-16H2,1-3H3,(H,27,34). The number of para-hydroxylation sites is 1. The summed E-state index contributed by atoms with van der Waals surface area (Å²) >= 11 is 0. The van der Waals surface area contributed by atoms with Crippen molar-refractivity contribution in [3.8, 4) is 0 Å². The van der Waals surface area contributed by atoms with E-state index in [1.807, 2.05) is 25.1 Å². The number of piperazine rings is 1. The Balaban J connectivity index is 1.56. The first-order valence-electron chi connectivity index (χ1n) is 12.0. The summed E-state index contributed by atoms with van der Waals surface area (Å²) in [6, 6.07) is 16.2. The number of aryl methyl sites for hydroxylation is 2. The van der Waals surface area contributed by atoms with Gasteiger partial charge in [-0.25, -0.2) is 4.68 Å². The highest BCUT2D eigenvalue weighted by molar-refractivity contribution is 5.85. The highest BCUT2D eigenvalue weighted by atomic mass is 16.5. The minimum Gasteiger partial charge on any atom is -0.383 e. The Labute approximate surface area is 204 Å². The quantitative estimate of drug-likeness (QED) is 0.441. The average Bonchev–Trinajstić information content (AvgIpc) is 3.35. The van der Waals surface area contributed by atoms with Crippen molar-refractivity contribution in [2.45, 2.75) is 26.4 Å². The van der Waals surface area contributed by atoms with Gasteiger partial charge in [0.1, 0.15) is 6.04 Å². The van der Waals surface area contributed by atoms with E-state index in [1.165, 1.54) is 5.69 Å². The van der Waals surface area contributed by atoms with Gasteiger partial charge in [0.2, 0.25) is 0 Å². The number of pyridine rings is 1. The minimum atomic E-state index is -0.368. The molecule has 1 saturated heterocycles. The van der Waals surface area contributed by atoms with Gasteiger partial charge >= 0.3 is 0 Å². The molecule has 0 spiro atoms. The van der Waals surface area contributed by atoms with E-state index in [1.54, 1.807) is 11.8 Å². The smallest absolute Gasteiger partial charge is 0.253 e. The Hall–Kier alpha value is -3.56. The molecule has 1 atom stereocenters. The third kappa shape index (κ3) is 4.56. The summed E-state index contributed by atoms with van der Waals surface area (Å²) in [4.78, 5) is 21.3. The first kappa shape index (κ1) is 23.2. The van der Waals surface area contributed by atoms with Gasteiger partial charge in [0.15, 0.2) is 5.82 Å². The number of nitrogens with zero attached hydrogens (tertiary/aromatic N) is 6. The molecule has 0 amide bonds. The lowest BCUT2D eigenvalue weighted by Crippen LogP contribution is -2.49. The fourth-order valence-electron chi connectivity index (χ4n) is 4.92. The Morgan fingerprint density at radius 2 is 1.77 bits per heavy atom. The number of ether oxygens (including phenoxy) is 1. The van der Waals surface area contributed by atoms with E-state index in [9.17, 15) is 4.79 Å². The third-order valence-corrected chi connectivity index (χ3v) is 6.88. The van der Waals surface area contributed by atoms with Gasteiger partial charge in [-0.1, -0.05) is 30.3 Å². The molecule has 0 bridgehead atoms. The topological polar surface area (TPSA) is 92.2 Å². The molecule has 2 aromatic carbocycles. The van der Waals surface area contributed by atoms with Gasteiger partial charge in [-0.05, 0) is 53.6 Å². The zero-order valence-electron chi connectivity index (χ0n) is 20.4. The van der Waals surface area contributed by atoms with Crippen LogP contribution in [0.1, 0.15) is 28.6 Å². The van der Waals surface area contributed by atoms with Crippen LogP contribution in [0, 0.1) is 13.8 Å². The van der Waals surface area contributed by atoms with Gasteiger partial charge in [0, 0.05) is 49.9 Å². The van der Waals surface area contributed by atoms with Crippen LogP contribution >= 0.6 is 0 Å². The molecule has 1 fully saturated rings. The van der Waals surface area contributed by atoms with E-state index < -0.39 is 0 Å². The van der Waals surface area contributed by atoms with Crippen molar-refractivity contribution in [1.29, 1.82) is 0 Å². The predicted molar refractivity (Wildman–Crippen MR) is 136 cm³/mol. The van der Waals surface area contributed by atoms with Gasteiger partial charge in [-0.15, -0.1) is 5.10 Å². The molecule has 182 valence electrons. The van der Waals surface area contributed by atoms with Gasteiger partial charge < -0.3 is 14.6 Å². The third-order valence-electron chi connectivity index (χ3n) is 6.88. The molecule has 9 nitrogen and oxygen atoms in total. The lowest BCUT2D eigenvalue weighted by Gasteiger charge is -2.39. The molecule has 0 saturated carbocycles. The largest absolute Gasteiger partial charge is 0.383 e. The molecule has 0 aliphatic carbocycles. The molecular weight excluding hydrogens is 442 g/mol. The van der Waals surface area contributed by atoms with Crippen molar-refractivity contribution >= 4 is 16.6 Å². The molecule has 2 aromatic heterocycles. The van der Waals surface area contributed by atoms with E-state index in [2.05, 4.69) is 67.6 Å². The van der Waals surface area contributed by atoms with Crippen LogP contribution in [0.4, 0.5) is 5.69 Å². The molecule has 0 radical (unpaired) electrons. The fourth-order valence-corrected chi connectivity index (χ4v) is 4.92. The van der Waals surface area contributed by atoms with Crippen LogP contribution in [0.15, 0.2) is 53.3 Å². The number of anilines is 1. The van der Waals surface area contributed by atoms with Gasteiger partial charge in [0.05, 0.1) is 18.7 Å². The van der Waals surface area contributed by atoms with Crippen molar-refractivity contribution in [3.05, 3.63) is 81.4 Å². The van der Waals surface area contributed by atoms with E-state index in [0.717, 1.165) is 48.2 Å². The number of aromatic amines is 1. The summed E-state index contributed by atoms with van der Waals surface area (Å²) < 4.78 is 7.02. The molecule has 1 N–H and O–H groups in total. The second-order valence-electron chi connectivity index (χ2n) is 9.06. The van der Waals surface area contributed by atoms with Crippen molar-refractivity contribution in [1.82, 2.24) is 30.1 Å². The van der Waals surface area contributed by atoms with Crippen LogP contribution in [0.25, 0.3) is 10.9 Å². The lowest BCUT2D eigenvalue weighted by atomic mass is 9.99. The van der Waals surface area contributed by atoms with Crippen LogP contribution in [-0.2, 0) is 11.3 Å². The van der Waals surface area contributed by atoms with E-state index in [4.69, 9.17) is 4.74 Å². The molecule has 5 rings (SSSR count). The molecule has 1 aliphatic heterocycles. The maximum absolute atomic E-state index is 13.5. The number of rotatable bonds is 7. The highest BCUT2D eigenvalue weighted by Gasteiger charge is 2.33. The van der Waals surface area contributed by atoms with E-state index >= 15 is 0 Å². The van der Waals surface area contributed by atoms with Gasteiger partial charge in [-0.3, -0.25) is 9.69 Å². The number of benzene rings is 2. The number of tetrazole rings is 1. The predicted octanol–water partition coefficient (Wildman–Crippen LogP) is 2.69. The van der Waals surface area contributed by atoms with Crippen molar-refractivity contribution in [2.75, 3.05) is 44.8 Å². The summed E-state index contributed by atoms with van der Waals surface area (Å²) in [7, 11) is 1.66. The Morgan fingerprint density at radius 1 is 1.03 bits per heavy atom. The van der Waals surface area contributed by atoms with Crippen LogP contribution in [0.2, 0.25) is 0 Å². The van der Waals surface area contributed by atoms with Crippen LogP contribution in [-0.4, -0.2) is 70.0 Å². The summed E-state index contributed by atoms with van der Waals surface area (Å²) in [5.41, 5.74) is 4.81. The summed E-state index contributed by atoms with van der Waals surface area (Å²) in [5, 5.41) is 13.6. The van der Waals surface area contributed by atoms with Crippen molar-refractivity contribution in [2.24, 2.45) is 0 Å². The number of fused-ring (bicyclic) bond motifs is 1. The SMILES string of the molecule is COCCn1nnnc1C(c1cc2c(C)ccc(C)c2[nH]c1=O)N1CCN(c2ccccc2)CC1. The van der Waals surface area contributed by atoms with E-state index in [-0.39, 0.29) is 11.6 Å². The zero-order valence-corrected chi connectivity index (χ0v) is 20.4. The second kappa shape index (κ2) is 9.97. The first-order chi connectivity index (χ1) is 17.1. The maximum Gasteiger partial charge on any atom is 0.253 e. The Morgan fingerprint density at radius 3 is 2.51 bits per heavy atom. The zero-order chi connectivity index (χ0) is 24.4. The number of hydrogen-bond acceptors (Lipinski definition) is 7. The molecule has 35 heavy (non-hydrogen) atoms. The molecule has 1 aliphatic rings. The number of nitrogens with one attached hydrogen (secondary N) is 1. The van der Waals surface area contributed by atoms with Crippen LogP contribution < -0.4 is 10.5 Å².